The minimum absolute atomic E-state index is 0.0117. The second-order valence-electron chi connectivity index (χ2n) is 11.3. The Hall–Kier alpha value is -2.49. The first-order valence-corrected chi connectivity index (χ1v) is 13.7. The zero-order valence-corrected chi connectivity index (χ0v) is 22.2. The Kier molecular flexibility index (Phi) is 7.83. The molecule has 37 heavy (non-hydrogen) atoms. The normalized spacial score (nSPS) is 27.4. The third kappa shape index (κ3) is 5.40. The number of ketones is 1. The number of nitrogens with one attached hydrogen (secondary N) is 1. The molecule has 0 bridgehead atoms. The average Bonchev–Trinajstić information content (AvgIpc) is 3.43. The van der Waals surface area contributed by atoms with E-state index < -0.39 is 18.2 Å². The lowest BCUT2D eigenvalue weighted by Crippen LogP contribution is -2.52. The SMILES string of the molecule is CO[C@@H]1CN(C(=O)C(CC(C)C)NC(=O)c2ccc(N3CCN(C4CCC4)CC3)cc2)[C@@H]2C(=O)CO[C@@H]21. The number of anilines is 1. The molecule has 3 heterocycles. The fourth-order valence-electron chi connectivity index (χ4n) is 6.10. The van der Waals surface area contributed by atoms with E-state index >= 15 is 0 Å². The topological polar surface area (TPSA) is 91.4 Å². The maximum absolute atomic E-state index is 13.6. The third-order valence-electron chi connectivity index (χ3n) is 8.43. The van der Waals surface area contributed by atoms with E-state index in [0.29, 0.717) is 12.0 Å². The molecule has 0 aromatic heterocycles. The van der Waals surface area contributed by atoms with Crippen LogP contribution in [-0.2, 0) is 19.1 Å². The van der Waals surface area contributed by atoms with Crippen LogP contribution in [0.4, 0.5) is 5.69 Å². The molecule has 5 rings (SSSR count). The predicted molar refractivity (Wildman–Crippen MR) is 140 cm³/mol. The summed E-state index contributed by atoms with van der Waals surface area (Å²) in [6, 6.07) is 7.07. The Labute approximate surface area is 219 Å². The molecule has 4 fully saturated rings. The highest BCUT2D eigenvalue weighted by atomic mass is 16.5. The Morgan fingerprint density at radius 3 is 2.41 bits per heavy atom. The first-order chi connectivity index (χ1) is 17.9. The van der Waals surface area contributed by atoms with E-state index in [4.69, 9.17) is 9.47 Å². The summed E-state index contributed by atoms with van der Waals surface area (Å²) in [6.07, 6.45) is 3.71. The van der Waals surface area contributed by atoms with E-state index in [0.717, 1.165) is 37.9 Å². The number of carbonyl (C=O) groups excluding carboxylic acids is 3. The van der Waals surface area contributed by atoms with Crippen molar-refractivity contribution in [3.8, 4) is 0 Å². The van der Waals surface area contributed by atoms with Crippen molar-refractivity contribution in [2.24, 2.45) is 5.92 Å². The lowest BCUT2D eigenvalue weighted by Gasteiger charge is -2.43. The summed E-state index contributed by atoms with van der Waals surface area (Å²) in [4.78, 5) is 45.8. The summed E-state index contributed by atoms with van der Waals surface area (Å²) in [5.74, 6) is -0.469. The van der Waals surface area contributed by atoms with Crippen LogP contribution in [-0.4, -0.2) is 104 Å². The number of hydrogen-bond acceptors (Lipinski definition) is 7. The molecule has 9 nitrogen and oxygen atoms in total. The van der Waals surface area contributed by atoms with Gasteiger partial charge < -0.3 is 24.6 Å². The molecule has 1 N–H and O–H groups in total. The highest BCUT2D eigenvalue weighted by Crippen LogP contribution is 2.30. The van der Waals surface area contributed by atoms with Crippen LogP contribution in [0.3, 0.4) is 0 Å². The minimum Gasteiger partial charge on any atom is -0.377 e. The van der Waals surface area contributed by atoms with Gasteiger partial charge in [-0.15, -0.1) is 0 Å². The van der Waals surface area contributed by atoms with Crippen molar-refractivity contribution in [3.63, 3.8) is 0 Å². The van der Waals surface area contributed by atoms with Gasteiger partial charge in [0.25, 0.3) is 5.91 Å². The standard InChI is InChI=1S/C28H40N4O5/c1-18(2)15-22(28(35)32-16-24(36-3)26-25(32)23(33)17-37-26)29-27(34)19-7-9-21(10-8-19)31-13-11-30(12-14-31)20-5-4-6-20/h7-10,18,20,22,24-26H,4-6,11-17H2,1-3H3,(H,29,34)/t22?,24-,25-,26-/m1/s1. The van der Waals surface area contributed by atoms with E-state index in [1.54, 1.807) is 12.0 Å². The van der Waals surface area contributed by atoms with Crippen LogP contribution in [0.25, 0.3) is 0 Å². The molecule has 1 aromatic rings. The summed E-state index contributed by atoms with van der Waals surface area (Å²) in [5.41, 5.74) is 1.64. The van der Waals surface area contributed by atoms with Gasteiger partial charge in [0.1, 0.15) is 30.9 Å². The van der Waals surface area contributed by atoms with Crippen molar-refractivity contribution in [2.75, 3.05) is 51.3 Å². The second-order valence-corrected chi connectivity index (χ2v) is 11.3. The van der Waals surface area contributed by atoms with Crippen molar-refractivity contribution in [2.45, 2.75) is 69.9 Å². The van der Waals surface area contributed by atoms with E-state index in [-0.39, 0.29) is 42.8 Å². The van der Waals surface area contributed by atoms with Crippen molar-refractivity contribution in [1.82, 2.24) is 15.1 Å². The summed E-state index contributed by atoms with van der Waals surface area (Å²) in [6.45, 7) is 8.46. The highest BCUT2D eigenvalue weighted by molar-refractivity contribution is 5.99. The largest absolute Gasteiger partial charge is 0.377 e. The van der Waals surface area contributed by atoms with Gasteiger partial charge in [0.2, 0.25) is 5.91 Å². The molecule has 4 aliphatic rings. The average molecular weight is 513 g/mol. The zero-order valence-electron chi connectivity index (χ0n) is 22.2. The summed E-state index contributed by atoms with van der Waals surface area (Å²) < 4.78 is 11.1. The van der Waals surface area contributed by atoms with Crippen molar-refractivity contribution < 1.29 is 23.9 Å². The summed E-state index contributed by atoms with van der Waals surface area (Å²) in [7, 11) is 1.56. The molecule has 1 aromatic carbocycles. The number of methoxy groups -OCH3 is 1. The number of nitrogens with zero attached hydrogens (tertiary/aromatic N) is 3. The molecule has 1 unspecified atom stereocenters. The molecule has 2 amide bonds. The molecule has 3 aliphatic heterocycles. The molecule has 4 atom stereocenters. The van der Waals surface area contributed by atoms with Crippen LogP contribution in [0.1, 0.15) is 49.9 Å². The number of benzene rings is 1. The number of fused-ring (bicyclic) bond motifs is 1. The Morgan fingerprint density at radius 2 is 1.81 bits per heavy atom. The van der Waals surface area contributed by atoms with Gasteiger partial charge in [-0.05, 0) is 49.4 Å². The molecule has 0 radical (unpaired) electrons. The maximum atomic E-state index is 13.6. The highest BCUT2D eigenvalue weighted by Gasteiger charge is 2.53. The van der Waals surface area contributed by atoms with Gasteiger partial charge in [0, 0.05) is 50.6 Å². The number of hydrogen-bond donors (Lipinski definition) is 1. The monoisotopic (exact) mass is 512 g/mol. The van der Waals surface area contributed by atoms with Gasteiger partial charge in [0.15, 0.2) is 5.78 Å². The predicted octanol–water partition coefficient (Wildman–Crippen LogP) is 1.70. The molecule has 202 valence electrons. The van der Waals surface area contributed by atoms with Gasteiger partial charge in [-0.3, -0.25) is 19.3 Å². The van der Waals surface area contributed by atoms with Crippen LogP contribution < -0.4 is 10.2 Å². The first kappa shape index (κ1) is 26.1. The lowest BCUT2D eigenvalue weighted by atomic mass is 9.91. The van der Waals surface area contributed by atoms with Gasteiger partial charge >= 0.3 is 0 Å². The van der Waals surface area contributed by atoms with Gasteiger partial charge in [-0.2, -0.15) is 0 Å². The fraction of sp³-hybridized carbons (Fsp3) is 0.679. The van der Waals surface area contributed by atoms with E-state index in [2.05, 4.69) is 15.1 Å². The van der Waals surface area contributed by atoms with Crippen LogP contribution >= 0.6 is 0 Å². The van der Waals surface area contributed by atoms with Gasteiger partial charge in [-0.1, -0.05) is 20.3 Å². The third-order valence-corrected chi connectivity index (χ3v) is 8.43. The number of Topliss-reactive ketones (excluding diaryl/α,β-unsaturated/α-hetero) is 1. The number of carbonyl (C=O) groups is 3. The maximum Gasteiger partial charge on any atom is 0.251 e. The quantitative estimate of drug-likeness (QED) is 0.567. The molecule has 1 saturated carbocycles. The van der Waals surface area contributed by atoms with Gasteiger partial charge in [0.05, 0.1) is 6.54 Å². The lowest BCUT2D eigenvalue weighted by molar-refractivity contribution is -0.138. The van der Waals surface area contributed by atoms with Crippen molar-refractivity contribution >= 4 is 23.3 Å². The fourth-order valence-corrected chi connectivity index (χ4v) is 6.10. The van der Waals surface area contributed by atoms with Gasteiger partial charge in [-0.25, -0.2) is 0 Å². The number of ether oxygens (including phenoxy) is 2. The Balaban J connectivity index is 1.22. The first-order valence-electron chi connectivity index (χ1n) is 13.7. The smallest absolute Gasteiger partial charge is 0.251 e. The molecule has 1 aliphatic carbocycles. The van der Waals surface area contributed by atoms with E-state index in [1.165, 1.54) is 19.3 Å². The Bertz CT molecular complexity index is 987. The summed E-state index contributed by atoms with van der Waals surface area (Å²) >= 11 is 0. The van der Waals surface area contributed by atoms with Crippen molar-refractivity contribution in [1.29, 1.82) is 0 Å². The number of likely N-dealkylation sites (tertiary alicyclic amines) is 1. The molecule has 0 spiro atoms. The van der Waals surface area contributed by atoms with Crippen LogP contribution in [0.15, 0.2) is 24.3 Å². The minimum atomic E-state index is -0.726. The zero-order chi connectivity index (χ0) is 26.1. The van der Waals surface area contributed by atoms with Crippen molar-refractivity contribution in [3.05, 3.63) is 29.8 Å². The number of rotatable bonds is 8. The number of amides is 2. The van der Waals surface area contributed by atoms with Crippen LogP contribution in [0.5, 0.6) is 0 Å². The van der Waals surface area contributed by atoms with Crippen LogP contribution in [0, 0.1) is 5.92 Å². The van der Waals surface area contributed by atoms with E-state index in [1.807, 2.05) is 38.1 Å². The molecular formula is C28H40N4O5. The Morgan fingerprint density at radius 1 is 1.11 bits per heavy atom. The molecule has 9 heteroatoms. The molecular weight excluding hydrogens is 472 g/mol. The second kappa shape index (κ2) is 11.1. The summed E-state index contributed by atoms with van der Waals surface area (Å²) in [5, 5.41) is 2.96. The van der Waals surface area contributed by atoms with Crippen LogP contribution in [0.2, 0.25) is 0 Å². The van der Waals surface area contributed by atoms with E-state index in [9.17, 15) is 14.4 Å². The molecule has 3 saturated heterocycles. The number of piperazine rings is 1.